The van der Waals surface area contributed by atoms with Crippen LogP contribution in [0.4, 0.5) is 10.1 Å². The maximum atomic E-state index is 12.9. The van der Waals surface area contributed by atoms with Crippen molar-refractivity contribution in [1.82, 2.24) is 0 Å². The van der Waals surface area contributed by atoms with E-state index in [0.29, 0.717) is 0 Å². The smallest absolute Gasteiger partial charge is 0.274 e. The van der Waals surface area contributed by atoms with Crippen LogP contribution in [0.25, 0.3) is 0 Å². The predicted octanol–water partition coefficient (Wildman–Crippen LogP) is 1.50. The molecule has 1 aromatic carbocycles. The molecule has 2 N–H and O–H groups in total. The van der Waals surface area contributed by atoms with Gasteiger partial charge in [-0.05, 0) is 18.6 Å². The van der Waals surface area contributed by atoms with E-state index in [0.717, 1.165) is 12.1 Å². The van der Waals surface area contributed by atoms with Gasteiger partial charge in [0, 0.05) is 18.2 Å². The van der Waals surface area contributed by atoms with Gasteiger partial charge in [0.25, 0.3) is 5.69 Å². The highest BCUT2D eigenvalue weighted by molar-refractivity contribution is 5.45. The summed E-state index contributed by atoms with van der Waals surface area (Å²) in [7, 11) is 0. The SMILES string of the molecule is Cc1c(F)ccc([N+](=O)[O-])c1CN. The lowest BCUT2D eigenvalue weighted by Gasteiger charge is -2.04. The zero-order valence-electron chi connectivity index (χ0n) is 7.08. The molecule has 1 rings (SSSR count). The molecule has 0 amide bonds. The first-order chi connectivity index (χ1) is 6.07. The number of hydrogen-bond acceptors (Lipinski definition) is 3. The van der Waals surface area contributed by atoms with Gasteiger partial charge >= 0.3 is 0 Å². The quantitative estimate of drug-likeness (QED) is 0.559. The van der Waals surface area contributed by atoms with Gasteiger partial charge in [-0.1, -0.05) is 0 Å². The van der Waals surface area contributed by atoms with Gasteiger partial charge in [-0.2, -0.15) is 0 Å². The fourth-order valence-electron chi connectivity index (χ4n) is 1.14. The lowest BCUT2D eigenvalue weighted by Crippen LogP contribution is -2.05. The summed E-state index contributed by atoms with van der Waals surface area (Å²) < 4.78 is 12.9. The molecule has 5 heteroatoms. The van der Waals surface area contributed by atoms with Gasteiger partial charge in [0.2, 0.25) is 0 Å². The van der Waals surface area contributed by atoms with Crippen molar-refractivity contribution in [2.45, 2.75) is 13.5 Å². The van der Waals surface area contributed by atoms with E-state index in [2.05, 4.69) is 0 Å². The van der Waals surface area contributed by atoms with E-state index >= 15 is 0 Å². The van der Waals surface area contributed by atoms with Crippen molar-refractivity contribution in [2.75, 3.05) is 0 Å². The highest BCUT2D eigenvalue weighted by Crippen LogP contribution is 2.23. The molecule has 0 atom stereocenters. The zero-order valence-corrected chi connectivity index (χ0v) is 7.08. The summed E-state index contributed by atoms with van der Waals surface area (Å²) in [6, 6.07) is 2.21. The Morgan fingerprint density at radius 3 is 2.69 bits per heavy atom. The Morgan fingerprint density at radius 1 is 1.62 bits per heavy atom. The number of nitrogens with two attached hydrogens (primary N) is 1. The van der Waals surface area contributed by atoms with E-state index < -0.39 is 10.7 Å². The number of halogens is 1. The van der Waals surface area contributed by atoms with Crippen LogP contribution >= 0.6 is 0 Å². The van der Waals surface area contributed by atoms with Gasteiger partial charge in [-0.25, -0.2) is 4.39 Å². The average molecular weight is 184 g/mol. The minimum Gasteiger partial charge on any atom is -0.326 e. The topological polar surface area (TPSA) is 69.2 Å². The molecular formula is C8H9FN2O2. The normalized spacial score (nSPS) is 10.1. The monoisotopic (exact) mass is 184 g/mol. The number of nitro benzene ring substituents is 1. The van der Waals surface area contributed by atoms with Crippen LogP contribution in [0.2, 0.25) is 0 Å². The third kappa shape index (κ3) is 1.65. The van der Waals surface area contributed by atoms with Gasteiger partial charge in [-0.3, -0.25) is 10.1 Å². The number of benzene rings is 1. The van der Waals surface area contributed by atoms with Crippen LogP contribution in [-0.2, 0) is 6.54 Å². The van der Waals surface area contributed by atoms with Gasteiger partial charge < -0.3 is 5.73 Å². The largest absolute Gasteiger partial charge is 0.326 e. The van der Waals surface area contributed by atoms with Crippen LogP contribution in [0.1, 0.15) is 11.1 Å². The van der Waals surface area contributed by atoms with Crippen LogP contribution < -0.4 is 5.73 Å². The first-order valence-corrected chi connectivity index (χ1v) is 3.70. The fourth-order valence-corrected chi connectivity index (χ4v) is 1.14. The molecule has 0 radical (unpaired) electrons. The fraction of sp³-hybridized carbons (Fsp3) is 0.250. The number of hydrogen-bond donors (Lipinski definition) is 1. The Balaban J connectivity index is 3.38. The molecule has 1 aromatic rings. The van der Waals surface area contributed by atoms with Crippen molar-refractivity contribution in [1.29, 1.82) is 0 Å². The Bertz CT molecular complexity index is 352. The lowest BCUT2D eigenvalue weighted by molar-refractivity contribution is -0.385. The Hall–Kier alpha value is -1.49. The number of nitrogens with zero attached hydrogens (tertiary/aromatic N) is 1. The maximum absolute atomic E-state index is 12.9. The summed E-state index contributed by atoms with van der Waals surface area (Å²) in [5.74, 6) is -0.467. The summed E-state index contributed by atoms with van der Waals surface area (Å²) in [5, 5.41) is 10.5. The first-order valence-electron chi connectivity index (χ1n) is 3.70. The molecule has 0 aromatic heterocycles. The van der Waals surface area contributed by atoms with Crippen molar-refractivity contribution in [3.63, 3.8) is 0 Å². The highest BCUT2D eigenvalue weighted by atomic mass is 19.1. The standard InChI is InChI=1S/C8H9FN2O2/c1-5-6(4-10)8(11(12)13)3-2-7(5)9/h2-3H,4,10H2,1H3. The summed E-state index contributed by atoms with van der Waals surface area (Å²) in [4.78, 5) is 9.91. The van der Waals surface area contributed by atoms with Gasteiger partial charge in [0.1, 0.15) is 5.82 Å². The molecule has 0 heterocycles. The number of nitro groups is 1. The molecule has 70 valence electrons. The molecule has 0 aliphatic heterocycles. The molecule has 0 spiro atoms. The lowest BCUT2D eigenvalue weighted by atomic mass is 10.1. The minimum atomic E-state index is -0.561. The molecule has 0 unspecified atom stereocenters. The third-order valence-corrected chi connectivity index (χ3v) is 1.91. The summed E-state index contributed by atoms with van der Waals surface area (Å²) in [6.07, 6.45) is 0. The van der Waals surface area contributed by atoms with Crippen molar-refractivity contribution in [3.05, 3.63) is 39.2 Å². The molecule has 0 saturated heterocycles. The van der Waals surface area contributed by atoms with Crippen molar-refractivity contribution >= 4 is 5.69 Å². The molecule has 13 heavy (non-hydrogen) atoms. The minimum absolute atomic E-state index is 0.0279. The van der Waals surface area contributed by atoms with Crippen LogP contribution in [0.5, 0.6) is 0 Å². The molecule has 4 nitrogen and oxygen atoms in total. The van der Waals surface area contributed by atoms with Crippen molar-refractivity contribution < 1.29 is 9.31 Å². The van der Waals surface area contributed by atoms with Crippen LogP contribution in [0.3, 0.4) is 0 Å². The van der Waals surface area contributed by atoms with Gasteiger partial charge in [-0.15, -0.1) is 0 Å². The molecule has 0 aliphatic rings. The molecule has 0 fully saturated rings. The average Bonchev–Trinajstić information content (AvgIpc) is 2.09. The Morgan fingerprint density at radius 2 is 2.23 bits per heavy atom. The second-order valence-corrected chi connectivity index (χ2v) is 2.63. The number of rotatable bonds is 2. The summed E-state index contributed by atoms with van der Waals surface area (Å²) in [6.45, 7) is 1.45. The molecule has 0 saturated carbocycles. The van der Waals surface area contributed by atoms with Gasteiger partial charge in [0.15, 0.2) is 0 Å². The van der Waals surface area contributed by atoms with Crippen LogP contribution in [0, 0.1) is 22.9 Å². The van der Waals surface area contributed by atoms with E-state index in [1.165, 1.54) is 6.92 Å². The Kier molecular flexibility index (Phi) is 2.57. The third-order valence-electron chi connectivity index (χ3n) is 1.91. The van der Waals surface area contributed by atoms with E-state index in [4.69, 9.17) is 5.73 Å². The molecular weight excluding hydrogens is 175 g/mol. The van der Waals surface area contributed by atoms with Crippen molar-refractivity contribution in [2.24, 2.45) is 5.73 Å². The van der Waals surface area contributed by atoms with E-state index in [1.54, 1.807) is 0 Å². The van der Waals surface area contributed by atoms with Crippen LogP contribution in [0.15, 0.2) is 12.1 Å². The second-order valence-electron chi connectivity index (χ2n) is 2.63. The molecule has 0 bridgehead atoms. The first kappa shape index (κ1) is 9.60. The van der Waals surface area contributed by atoms with E-state index in [1.807, 2.05) is 0 Å². The summed E-state index contributed by atoms with van der Waals surface area (Å²) >= 11 is 0. The van der Waals surface area contributed by atoms with Gasteiger partial charge in [0.05, 0.1) is 4.92 Å². The zero-order chi connectivity index (χ0) is 10.0. The van der Waals surface area contributed by atoms with Crippen LogP contribution in [-0.4, -0.2) is 4.92 Å². The van der Waals surface area contributed by atoms with E-state index in [9.17, 15) is 14.5 Å². The highest BCUT2D eigenvalue weighted by Gasteiger charge is 2.16. The predicted molar refractivity (Wildman–Crippen MR) is 45.7 cm³/mol. The summed E-state index contributed by atoms with van der Waals surface area (Å²) in [5.41, 5.74) is 5.66. The van der Waals surface area contributed by atoms with Crippen molar-refractivity contribution in [3.8, 4) is 0 Å². The maximum Gasteiger partial charge on any atom is 0.274 e. The Labute approximate surface area is 74.3 Å². The second kappa shape index (κ2) is 3.49. The van der Waals surface area contributed by atoms with E-state index in [-0.39, 0.29) is 23.4 Å². The molecule has 0 aliphatic carbocycles.